The number of nitrogens with zero attached hydrogens (tertiary/aromatic N) is 4. The Hall–Kier alpha value is -1.95. The lowest BCUT2D eigenvalue weighted by Gasteiger charge is -2.58. The molecule has 1 saturated heterocycles. The van der Waals surface area contributed by atoms with Crippen molar-refractivity contribution in [2.45, 2.75) is 91.1 Å². The second kappa shape index (κ2) is 10.2. The van der Waals surface area contributed by atoms with Gasteiger partial charge in [-0.15, -0.1) is 5.10 Å². The molecule has 4 aliphatic carbocycles. The van der Waals surface area contributed by atoms with E-state index < -0.39 is 0 Å². The number of carbonyl (C=O) groups is 1. The first-order valence-corrected chi connectivity index (χ1v) is 15.5. The monoisotopic (exact) mass is 520 g/mol. The van der Waals surface area contributed by atoms with Gasteiger partial charge in [0.05, 0.1) is 6.10 Å². The van der Waals surface area contributed by atoms with Crippen LogP contribution in [-0.2, 0) is 4.79 Å². The lowest BCUT2D eigenvalue weighted by atomic mass is 9.47. The van der Waals surface area contributed by atoms with Crippen molar-refractivity contribution in [3.05, 3.63) is 30.0 Å². The standard InChI is InChI=1S/C32H48N4O2/c1-22(6-11-30(38)36-19-17-35(18-20-36)29-5-4-16-33-34-29)26-9-10-27-25-8-7-23-21-24(37)12-14-31(23,2)28(25)13-15-32(26,27)3/h4-5,7,16,22,24-28,37H,6,8-15,17-21H2,1-3H3/t22?,24-,25-,26+,27-,28-,31-,32+/m0/s1. The zero-order chi connectivity index (χ0) is 26.5. The van der Waals surface area contributed by atoms with Crippen LogP contribution >= 0.6 is 0 Å². The molecule has 5 aliphatic rings. The Balaban J connectivity index is 1.04. The predicted octanol–water partition coefficient (Wildman–Crippen LogP) is 5.48. The van der Waals surface area contributed by atoms with Crippen molar-refractivity contribution in [2.24, 2.45) is 40.4 Å². The van der Waals surface area contributed by atoms with Crippen LogP contribution in [0.15, 0.2) is 30.0 Å². The molecular weight excluding hydrogens is 472 g/mol. The summed E-state index contributed by atoms with van der Waals surface area (Å²) in [4.78, 5) is 17.5. The molecule has 0 spiro atoms. The summed E-state index contributed by atoms with van der Waals surface area (Å²) in [5.41, 5.74) is 2.30. The quantitative estimate of drug-likeness (QED) is 0.521. The number of hydrogen-bond acceptors (Lipinski definition) is 5. The molecule has 0 radical (unpaired) electrons. The fraction of sp³-hybridized carbons (Fsp3) is 0.781. The van der Waals surface area contributed by atoms with E-state index in [1.807, 2.05) is 12.1 Å². The first-order valence-electron chi connectivity index (χ1n) is 15.5. The predicted molar refractivity (Wildman–Crippen MR) is 150 cm³/mol. The fourth-order valence-corrected chi connectivity index (χ4v) is 9.97. The number of anilines is 1. The second-order valence-electron chi connectivity index (χ2n) is 13.8. The van der Waals surface area contributed by atoms with Gasteiger partial charge in [-0.05, 0) is 110 Å². The molecule has 6 nitrogen and oxygen atoms in total. The van der Waals surface area contributed by atoms with Gasteiger partial charge in [0.15, 0.2) is 5.82 Å². The molecule has 1 amide bonds. The van der Waals surface area contributed by atoms with Gasteiger partial charge < -0.3 is 14.9 Å². The van der Waals surface area contributed by atoms with Gasteiger partial charge >= 0.3 is 0 Å². The molecule has 1 aromatic rings. The Labute approximate surface area is 229 Å². The average molecular weight is 521 g/mol. The van der Waals surface area contributed by atoms with Crippen LogP contribution in [0, 0.1) is 40.4 Å². The molecule has 3 saturated carbocycles. The molecule has 1 aromatic heterocycles. The number of aliphatic hydroxyl groups is 1. The number of aliphatic hydroxyl groups excluding tert-OH is 1. The number of piperazine rings is 1. The third-order valence-corrected chi connectivity index (χ3v) is 12.2. The lowest BCUT2D eigenvalue weighted by molar-refractivity contribution is -0.132. The summed E-state index contributed by atoms with van der Waals surface area (Å²) in [7, 11) is 0. The first kappa shape index (κ1) is 26.3. The van der Waals surface area contributed by atoms with Crippen molar-refractivity contribution in [3.63, 3.8) is 0 Å². The molecule has 208 valence electrons. The van der Waals surface area contributed by atoms with Crippen LogP contribution in [0.5, 0.6) is 0 Å². The van der Waals surface area contributed by atoms with Crippen molar-refractivity contribution < 1.29 is 9.90 Å². The minimum atomic E-state index is -0.124. The van der Waals surface area contributed by atoms with E-state index in [0.29, 0.717) is 29.1 Å². The maximum absolute atomic E-state index is 13.2. The van der Waals surface area contributed by atoms with Crippen LogP contribution < -0.4 is 4.90 Å². The van der Waals surface area contributed by atoms with E-state index in [1.165, 1.54) is 38.5 Å². The zero-order valence-corrected chi connectivity index (χ0v) is 23.8. The molecule has 4 fully saturated rings. The number of rotatable bonds is 5. The smallest absolute Gasteiger partial charge is 0.222 e. The topological polar surface area (TPSA) is 69.6 Å². The van der Waals surface area contributed by atoms with Crippen molar-refractivity contribution in [3.8, 4) is 0 Å². The number of fused-ring (bicyclic) bond motifs is 5. The number of allylic oxidation sites excluding steroid dienone is 1. The molecular formula is C32H48N4O2. The van der Waals surface area contributed by atoms with Crippen molar-refractivity contribution in [1.29, 1.82) is 0 Å². The highest BCUT2D eigenvalue weighted by molar-refractivity contribution is 5.76. The Kier molecular flexibility index (Phi) is 7.07. The minimum Gasteiger partial charge on any atom is -0.393 e. The highest BCUT2D eigenvalue weighted by atomic mass is 16.3. The van der Waals surface area contributed by atoms with Gasteiger partial charge in [0.1, 0.15) is 0 Å². The van der Waals surface area contributed by atoms with Crippen LogP contribution in [0.4, 0.5) is 5.82 Å². The fourth-order valence-electron chi connectivity index (χ4n) is 9.97. The summed E-state index contributed by atoms with van der Waals surface area (Å²) in [5.74, 6) is 5.00. The number of hydrogen-bond donors (Lipinski definition) is 1. The maximum atomic E-state index is 13.2. The van der Waals surface area contributed by atoms with Crippen LogP contribution in [-0.4, -0.2) is 58.4 Å². The summed E-state index contributed by atoms with van der Waals surface area (Å²) in [6.07, 6.45) is 15.5. The number of carbonyl (C=O) groups excluding carboxylic acids is 1. The molecule has 0 bridgehead atoms. The van der Waals surface area contributed by atoms with Crippen LogP contribution in [0.1, 0.15) is 85.0 Å². The van der Waals surface area contributed by atoms with Crippen LogP contribution in [0.2, 0.25) is 0 Å². The zero-order valence-electron chi connectivity index (χ0n) is 23.8. The average Bonchev–Trinajstić information content (AvgIpc) is 3.30. The van der Waals surface area contributed by atoms with Crippen LogP contribution in [0.25, 0.3) is 0 Å². The van der Waals surface area contributed by atoms with Crippen molar-refractivity contribution in [1.82, 2.24) is 15.1 Å². The lowest BCUT2D eigenvalue weighted by Crippen LogP contribution is -2.51. The van der Waals surface area contributed by atoms with Crippen molar-refractivity contribution in [2.75, 3.05) is 31.1 Å². The van der Waals surface area contributed by atoms with E-state index in [1.54, 1.807) is 11.8 Å². The van der Waals surface area contributed by atoms with E-state index in [-0.39, 0.29) is 6.10 Å². The van der Waals surface area contributed by atoms with Gasteiger partial charge in [0, 0.05) is 38.8 Å². The molecule has 0 aromatic carbocycles. The van der Waals surface area contributed by atoms with Gasteiger partial charge in [0.2, 0.25) is 5.91 Å². The molecule has 1 N–H and O–H groups in total. The summed E-state index contributed by atoms with van der Waals surface area (Å²) in [6, 6.07) is 3.92. The van der Waals surface area contributed by atoms with E-state index in [0.717, 1.165) is 74.9 Å². The van der Waals surface area contributed by atoms with Gasteiger partial charge in [-0.1, -0.05) is 32.4 Å². The van der Waals surface area contributed by atoms with E-state index in [2.05, 4.69) is 46.8 Å². The second-order valence-corrected chi connectivity index (χ2v) is 13.8. The third kappa shape index (κ3) is 4.49. The normalized spacial score (nSPS) is 39.6. The molecule has 38 heavy (non-hydrogen) atoms. The Morgan fingerprint density at radius 3 is 2.68 bits per heavy atom. The third-order valence-electron chi connectivity index (χ3n) is 12.2. The summed E-state index contributed by atoms with van der Waals surface area (Å²) >= 11 is 0. The number of aromatic nitrogens is 2. The van der Waals surface area contributed by atoms with Crippen LogP contribution in [0.3, 0.4) is 0 Å². The van der Waals surface area contributed by atoms with Gasteiger partial charge in [-0.25, -0.2) is 0 Å². The molecule has 1 unspecified atom stereocenters. The Morgan fingerprint density at radius 1 is 1.11 bits per heavy atom. The first-order chi connectivity index (χ1) is 18.3. The Bertz CT molecular complexity index is 1040. The SMILES string of the molecule is CC(CCC(=O)N1CCN(c2cccnn2)CC1)[C@H]1CC[C@H]2[C@@H]3CC=C4C[C@@H](O)CC[C@]4(C)[C@H]3CC[C@]12C. The highest BCUT2D eigenvalue weighted by Gasteiger charge is 2.59. The maximum Gasteiger partial charge on any atom is 0.222 e. The summed E-state index contributed by atoms with van der Waals surface area (Å²) in [5, 5.41) is 18.5. The van der Waals surface area contributed by atoms with E-state index in [9.17, 15) is 9.90 Å². The van der Waals surface area contributed by atoms with E-state index in [4.69, 9.17) is 0 Å². The highest BCUT2D eigenvalue weighted by Crippen LogP contribution is 2.67. The molecule has 2 heterocycles. The molecule has 8 atom stereocenters. The molecule has 1 aliphatic heterocycles. The van der Waals surface area contributed by atoms with Crippen molar-refractivity contribution >= 4 is 11.7 Å². The summed E-state index contributed by atoms with van der Waals surface area (Å²) in [6.45, 7) is 10.8. The van der Waals surface area contributed by atoms with Gasteiger partial charge in [0.25, 0.3) is 0 Å². The van der Waals surface area contributed by atoms with Gasteiger partial charge in [-0.3, -0.25) is 4.79 Å². The minimum absolute atomic E-state index is 0.124. The Morgan fingerprint density at radius 2 is 1.92 bits per heavy atom. The van der Waals surface area contributed by atoms with E-state index >= 15 is 0 Å². The summed E-state index contributed by atoms with van der Waals surface area (Å²) < 4.78 is 0. The van der Waals surface area contributed by atoms with Gasteiger partial charge in [-0.2, -0.15) is 5.10 Å². The molecule has 6 rings (SSSR count). The molecule has 6 heteroatoms. The largest absolute Gasteiger partial charge is 0.393 e. The number of amides is 1.